The molecule has 5 nitrogen and oxygen atoms in total. The molecule has 2 aromatic rings. The van der Waals surface area contributed by atoms with Gasteiger partial charge in [-0.1, -0.05) is 64.5 Å². The summed E-state index contributed by atoms with van der Waals surface area (Å²) in [7, 11) is 1.59. The summed E-state index contributed by atoms with van der Waals surface area (Å²) < 4.78 is 5.92. The van der Waals surface area contributed by atoms with Gasteiger partial charge in [0.25, 0.3) is 5.91 Å². The molecule has 1 aliphatic rings. The molecule has 0 bridgehead atoms. The van der Waals surface area contributed by atoms with Crippen molar-refractivity contribution in [3.8, 4) is 0 Å². The fraction of sp³-hybridized carbons (Fsp3) is 0.217. The maximum absolute atomic E-state index is 13.0. The van der Waals surface area contributed by atoms with E-state index in [9.17, 15) is 14.7 Å². The summed E-state index contributed by atoms with van der Waals surface area (Å²) in [4.78, 5) is 27.3. The van der Waals surface area contributed by atoms with Gasteiger partial charge >= 0.3 is 0 Å². The molecule has 1 atom stereocenters. The summed E-state index contributed by atoms with van der Waals surface area (Å²) in [5.41, 5.74) is 1.71. The van der Waals surface area contributed by atoms with Crippen LogP contribution in [0.5, 0.6) is 0 Å². The molecule has 6 heteroatoms. The SMILES string of the molecule is COCCCN1C(=O)C(O)=C(C(=O)/C=C/c2ccccc2)C1c1cccc(Br)c1. The number of rotatable bonds is 8. The smallest absolute Gasteiger partial charge is 0.290 e. The number of carbonyl (C=O) groups excluding carboxylic acids is 2. The van der Waals surface area contributed by atoms with Crippen LogP contribution in [0.2, 0.25) is 0 Å². The van der Waals surface area contributed by atoms with Crippen LogP contribution < -0.4 is 0 Å². The Kier molecular flexibility index (Phi) is 7.01. The van der Waals surface area contributed by atoms with Crippen LogP contribution in [-0.4, -0.2) is 42.0 Å². The van der Waals surface area contributed by atoms with Crippen molar-refractivity contribution in [2.45, 2.75) is 12.5 Å². The van der Waals surface area contributed by atoms with Gasteiger partial charge in [0.15, 0.2) is 11.5 Å². The van der Waals surface area contributed by atoms with Gasteiger partial charge in [0.1, 0.15) is 0 Å². The van der Waals surface area contributed by atoms with Crippen molar-refractivity contribution in [2.75, 3.05) is 20.3 Å². The molecular weight excluding hydrogens is 434 g/mol. The summed E-state index contributed by atoms with van der Waals surface area (Å²) >= 11 is 3.44. The van der Waals surface area contributed by atoms with E-state index in [1.165, 1.54) is 11.0 Å². The molecule has 150 valence electrons. The number of carbonyl (C=O) groups is 2. The highest BCUT2D eigenvalue weighted by Gasteiger charge is 2.42. The van der Waals surface area contributed by atoms with Gasteiger partial charge in [-0.25, -0.2) is 0 Å². The predicted molar refractivity (Wildman–Crippen MR) is 115 cm³/mol. The van der Waals surface area contributed by atoms with Gasteiger partial charge in [-0.2, -0.15) is 0 Å². The van der Waals surface area contributed by atoms with Gasteiger partial charge in [-0.15, -0.1) is 0 Å². The van der Waals surface area contributed by atoms with Crippen LogP contribution in [0.3, 0.4) is 0 Å². The van der Waals surface area contributed by atoms with E-state index in [1.54, 1.807) is 13.2 Å². The van der Waals surface area contributed by atoms with Crippen LogP contribution in [0, 0.1) is 0 Å². The predicted octanol–water partition coefficient (Wildman–Crippen LogP) is 4.46. The van der Waals surface area contributed by atoms with E-state index < -0.39 is 17.7 Å². The zero-order chi connectivity index (χ0) is 20.8. The average molecular weight is 456 g/mol. The highest BCUT2D eigenvalue weighted by molar-refractivity contribution is 9.10. The second kappa shape index (κ2) is 9.67. The number of ketones is 1. The third kappa shape index (κ3) is 4.83. The van der Waals surface area contributed by atoms with Crippen molar-refractivity contribution in [1.82, 2.24) is 4.90 Å². The van der Waals surface area contributed by atoms with E-state index in [-0.39, 0.29) is 11.4 Å². The van der Waals surface area contributed by atoms with Gasteiger partial charge in [0, 0.05) is 24.7 Å². The monoisotopic (exact) mass is 455 g/mol. The Morgan fingerprint density at radius 2 is 1.97 bits per heavy atom. The molecule has 1 unspecified atom stereocenters. The van der Waals surface area contributed by atoms with E-state index in [1.807, 2.05) is 54.6 Å². The molecule has 0 aromatic heterocycles. The number of halogens is 1. The summed E-state index contributed by atoms with van der Waals surface area (Å²) in [5.74, 6) is -1.42. The molecule has 0 spiro atoms. The minimum Gasteiger partial charge on any atom is -0.503 e. The van der Waals surface area contributed by atoms with Gasteiger partial charge in [0.05, 0.1) is 11.6 Å². The Hall–Kier alpha value is -2.70. The Labute approximate surface area is 178 Å². The van der Waals surface area contributed by atoms with Crippen LogP contribution in [0.4, 0.5) is 0 Å². The number of benzene rings is 2. The molecule has 0 radical (unpaired) electrons. The van der Waals surface area contributed by atoms with Gasteiger partial charge < -0.3 is 14.7 Å². The fourth-order valence-electron chi connectivity index (χ4n) is 3.36. The maximum Gasteiger partial charge on any atom is 0.290 e. The normalized spacial score (nSPS) is 16.8. The number of nitrogens with zero attached hydrogens (tertiary/aromatic N) is 1. The average Bonchev–Trinajstić information content (AvgIpc) is 2.98. The minimum absolute atomic E-state index is 0.0951. The van der Waals surface area contributed by atoms with Crippen LogP contribution in [0.1, 0.15) is 23.6 Å². The number of allylic oxidation sites excluding steroid dienone is 1. The zero-order valence-corrected chi connectivity index (χ0v) is 17.6. The van der Waals surface area contributed by atoms with E-state index >= 15 is 0 Å². The molecule has 0 saturated heterocycles. The quantitative estimate of drug-likeness (QED) is 0.471. The lowest BCUT2D eigenvalue weighted by atomic mass is 9.95. The number of ether oxygens (including phenoxy) is 1. The maximum atomic E-state index is 13.0. The van der Waals surface area contributed by atoms with Crippen molar-refractivity contribution >= 4 is 33.7 Å². The van der Waals surface area contributed by atoms with Crippen LogP contribution in [0.25, 0.3) is 6.08 Å². The van der Waals surface area contributed by atoms with Gasteiger partial charge in [-0.3, -0.25) is 9.59 Å². The molecule has 0 fully saturated rings. The van der Waals surface area contributed by atoms with E-state index in [0.717, 1.165) is 15.6 Å². The number of aliphatic hydroxyl groups excluding tert-OH is 1. The number of hydrogen-bond acceptors (Lipinski definition) is 4. The standard InChI is InChI=1S/C23H22BrNO4/c1-29-14-6-13-25-21(17-9-5-10-18(24)15-17)20(22(27)23(25)28)19(26)12-11-16-7-3-2-4-8-16/h2-5,7-12,15,21,27H,6,13-14H2,1H3/b12-11+. The second-order valence-corrected chi connectivity index (χ2v) is 7.59. The zero-order valence-electron chi connectivity index (χ0n) is 16.0. The molecule has 0 saturated carbocycles. The summed E-state index contributed by atoms with van der Waals surface area (Å²) in [5, 5.41) is 10.5. The largest absolute Gasteiger partial charge is 0.503 e. The second-order valence-electron chi connectivity index (χ2n) is 6.67. The lowest BCUT2D eigenvalue weighted by Crippen LogP contribution is -2.32. The number of hydrogen-bond donors (Lipinski definition) is 1. The van der Waals surface area contributed by atoms with Crippen molar-refractivity contribution in [3.63, 3.8) is 0 Å². The van der Waals surface area contributed by atoms with Crippen molar-refractivity contribution in [1.29, 1.82) is 0 Å². The molecule has 1 aliphatic heterocycles. The molecular formula is C23H22BrNO4. The third-order valence-corrected chi connectivity index (χ3v) is 5.20. The van der Waals surface area contributed by atoms with Crippen molar-refractivity contribution in [2.24, 2.45) is 0 Å². The Morgan fingerprint density at radius 3 is 2.66 bits per heavy atom. The molecule has 1 amide bonds. The lowest BCUT2D eigenvalue weighted by Gasteiger charge is -2.26. The van der Waals surface area contributed by atoms with Gasteiger partial charge in [0.2, 0.25) is 0 Å². The minimum atomic E-state index is -0.648. The summed E-state index contributed by atoms with van der Waals surface area (Å²) in [6, 6.07) is 16.2. The van der Waals surface area contributed by atoms with E-state index in [0.29, 0.717) is 19.6 Å². The lowest BCUT2D eigenvalue weighted by molar-refractivity contribution is -0.129. The van der Waals surface area contributed by atoms with Gasteiger partial charge in [-0.05, 0) is 35.8 Å². The van der Waals surface area contributed by atoms with Crippen LogP contribution in [0.15, 0.2) is 76.5 Å². The first kappa shape index (κ1) is 21.0. The summed E-state index contributed by atoms with van der Waals surface area (Å²) in [6.07, 6.45) is 3.68. The number of methoxy groups -OCH3 is 1. The molecule has 0 aliphatic carbocycles. The first-order chi connectivity index (χ1) is 14.0. The van der Waals surface area contributed by atoms with Crippen molar-refractivity contribution in [3.05, 3.63) is 87.6 Å². The Morgan fingerprint density at radius 1 is 1.21 bits per heavy atom. The first-order valence-electron chi connectivity index (χ1n) is 9.29. The highest BCUT2D eigenvalue weighted by atomic mass is 79.9. The number of aliphatic hydroxyl groups is 1. The third-order valence-electron chi connectivity index (χ3n) is 4.71. The molecule has 2 aromatic carbocycles. The molecule has 1 N–H and O–H groups in total. The van der Waals surface area contributed by atoms with Crippen LogP contribution >= 0.6 is 15.9 Å². The van der Waals surface area contributed by atoms with Crippen molar-refractivity contribution < 1.29 is 19.4 Å². The Bertz CT molecular complexity index is 952. The molecule has 1 heterocycles. The summed E-state index contributed by atoms with van der Waals surface area (Å²) in [6.45, 7) is 0.847. The topological polar surface area (TPSA) is 66.8 Å². The molecule has 29 heavy (non-hydrogen) atoms. The fourth-order valence-corrected chi connectivity index (χ4v) is 3.78. The number of amides is 1. The van der Waals surface area contributed by atoms with Crippen LogP contribution in [-0.2, 0) is 14.3 Å². The highest BCUT2D eigenvalue weighted by Crippen LogP contribution is 2.38. The molecule has 3 rings (SSSR count). The Balaban J connectivity index is 1.96. The first-order valence-corrected chi connectivity index (χ1v) is 10.1. The van der Waals surface area contributed by atoms with E-state index in [4.69, 9.17) is 4.74 Å². The van der Waals surface area contributed by atoms with E-state index in [2.05, 4.69) is 15.9 Å².